The highest BCUT2D eigenvalue weighted by atomic mass is 16.1. The van der Waals surface area contributed by atoms with Crippen molar-refractivity contribution < 1.29 is 4.79 Å². The van der Waals surface area contributed by atoms with Gasteiger partial charge in [-0.2, -0.15) is 5.26 Å². The summed E-state index contributed by atoms with van der Waals surface area (Å²) in [7, 11) is 0. The Hall–Kier alpha value is -3.72. The maximum Gasteiger partial charge on any atom is 0.274 e. The van der Waals surface area contributed by atoms with Gasteiger partial charge >= 0.3 is 0 Å². The minimum absolute atomic E-state index is 0.280. The number of rotatable bonds is 5. The first-order valence-electron chi connectivity index (χ1n) is 9.03. The van der Waals surface area contributed by atoms with Gasteiger partial charge in [-0.1, -0.05) is 25.1 Å². The molecule has 3 rings (SSSR count). The minimum atomic E-state index is -0.280. The second kappa shape index (κ2) is 8.31. The van der Waals surface area contributed by atoms with Crippen LogP contribution < -0.4 is 10.6 Å². The van der Waals surface area contributed by atoms with E-state index in [1.807, 2.05) is 32.0 Å². The lowest BCUT2D eigenvalue weighted by atomic mass is 10.1. The summed E-state index contributed by atoms with van der Waals surface area (Å²) in [6, 6.07) is 16.6. The summed E-state index contributed by atoms with van der Waals surface area (Å²) in [5.41, 5.74) is 5.19. The number of nitrogens with one attached hydrogen (secondary N) is 2. The normalized spacial score (nSPS) is 10.2. The van der Waals surface area contributed by atoms with Crippen LogP contribution in [0.5, 0.6) is 0 Å². The van der Waals surface area contributed by atoms with E-state index < -0.39 is 0 Å². The van der Waals surface area contributed by atoms with Crippen molar-refractivity contribution in [3.8, 4) is 6.07 Å². The summed E-state index contributed by atoms with van der Waals surface area (Å²) < 4.78 is 0. The Morgan fingerprint density at radius 2 is 1.86 bits per heavy atom. The molecule has 0 bridgehead atoms. The number of carbonyl (C=O) groups is 1. The lowest BCUT2D eigenvalue weighted by Gasteiger charge is -2.13. The summed E-state index contributed by atoms with van der Waals surface area (Å²) >= 11 is 0. The topological polar surface area (TPSA) is 90.7 Å². The van der Waals surface area contributed by atoms with E-state index in [4.69, 9.17) is 5.26 Å². The Morgan fingerprint density at radius 3 is 2.54 bits per heavy atom. The van der Waals surface area contributed by atoms with Crippen molar-refractivity contribution in [2.24, 2.45) is 0 Å². The average Bonchev–Trinajstić information content (AvgIpc) is 2.69. The molecule has 3 aromatic rings. The van der Waals surface area contributed by atoms with Gasteiger partial charge in [-0.15, -0.1) is 0 Å². The Labute approximate surface area is 164 Å². The average molecular weight is 371 g/mol. The molecule has 0 atom stereocenters. The first-order chi connectivity index (χ1) is 13.5. The Bertz CT molecular complexity index is 1050. The summed E-state index contributed by atoms with van der Waals surface area (Å²) in [5.74, 6) is 0.0488. The zero-order valence-electron chi connectivity index (χ0n) is 16.1. The fourth-order valence-corrected chi connectivity index (χ4v) is 2.88. The van der Waals surface area contributed by atoms with Crippen molar-refractivity contribution in [3.05, 3.63) is 76.6 Å². The van der Waals surface area contributed by atoms with Gasteiger partial charge in [0.1, 0.15) is 5.69 Å². The van der Waals surface area contributed by atoms with Crippen molar-refractivity contribution in [1.82, 2.24) is 9.97 Å². The van der Waals surface area contributed by atoms with Crippen LogP contribution in [-0.2, 0) is 6.42 Å². The van der Waals surface area contributed by atoms with Crippen LogP contribution in [0.3, 0.4) is 0 Å². The fourth-order valence-electron chi connectivity index (χ4n) is 2.88. The van der Waals surface area contributed by atoms with E-state index in [1.54, 1.807) is 30.3 Å². The zero-order valence-corrected chi connectivity index (χ0v) is 16.1. The highest BCUT2D eigenvalue weighted by Crippen LogP contribution is 2.22. The largest absolute Gasteiger partial charge is 0.324 e. The first-order valence-corrected chi connectivity index (χ1v) is 9.03. The molecule has 28 heavy (non-hydrogen) atoms. The van der Waals surface area contributed by atoms with Gasteiger partial charge in [-0.25, -0.2) is 9.97 Å². The van der Waals surface area contributed by atoms with E-state index in [-0.39, 0.29) is 11.6 Å². The highest BCUT2D eigenvalue weighted by Gasteiger charge is 2.14. The van der Waals surface area contributed by atoms with Crippen molar-refractivity contribution in [3.63, 3.8) is 0 Å². The van der Waals surface area contributed by atoms with Gasteiger partial charge in [-0.3, -0.25) is 4.79 Å². The second-order valence-electron chi connectivity index (χ2n) is 6.45. The third kappa shape index (κ3) is 4.33. The maximum atomic E-state index is 12.8. The lowest BCUT2D eigenvalue weighted by Crippen LogP contribution is -2.17. The number of anilines is 3. The molecule has 0 saturated heterocycles. The number of aromatic nitrogens is 2. The molecule has 0 aliphatic heterocycles. The molecular formula is C22H21N5O. The second-order valence-corrected chi connectivity index (χ2v) is 6.45. The van der Waals surface area contributed by atoms with Crippen LogP contribution in [0.1, 0.15) is 39.8 Å². The van der Waals surface area contributed by atoms with Crippen LogP contribution >= 0.6 is 0 Å². The van der Waals surface area contributed by atoms with Crippen LogP contribution in [0.2, 0.25) is 0 Å². The molecule has 2 N–H and O–H groups in total. The number of nitrogens with zero attached hydrogens (tertiary/aromatic N) is 3. The number of hydrogen-bond acceptors (Lipinski definition) is 5. The van der Waals surface area contributed by atoms with Gasteiger partial charge < -0.3 is 10.6 Å². The number of para-hydroxylation sites is 1. The molecule has 0 spiro atoms. The molecule has 0 saturated carbocycles. The lowest BCUT2D eigenvalue weighted by molar-refractivity contribution is 0.102. The molecule has 2 aromatic carbocycles. The number of amides is 1. The van der Waals surface area contributed by atoms with Crippen molar-refractivity contribution in [1.29, 1.82) is 5.26 Å². The molecule has 6 heteroatoms. The number of carbonyl (C=O) groups excluding carboxylic acids is 1. The number of hydrogen-bond donors (Lipinski definition) is 2. The molecule has 1 amide bonds. The molecule has 140 valence electrons. The highest BCUT2D eigenvalue weighted by molar-refractivity contribution is 6.04. The molecule has 0 fully saturated rings. The number of aryl methyl sites for hydroxylation is 3. The molecule has 1 heterocycles. The maximum absolute atomic E-state index is 12.8. The van der Waals surface area contributed by atoms with Crippen LogP contribution in [0.25, 0.3) is 0 Å². The van der Waals surface area contributed by atoms with Gasteiger partial charge in [0.15, 0.2) is 0 Å². The Balaban J connectivity index is 1.84. The molecule has 1 aromatic heterocycles. The van der Waals surface area contributed by atoms with Crippen LogP contribution in [0.4, 0.5) is 17.3 Å². The fraction of sp³-hybridized carbons (Fsp3) is 0.182. The van der Waals surface area contributed by atoms with Crippen molar-refractivity contribution >= 4 is 23.2 Å². The monoisotopic (exact) mass is 371 g/mol. The molecular weight excluding hydrogens is 350 g/mol. The van der Waals surface area contributed by atoms with E-state index in [0.29, 0.717) is 17.2 Å². The SMILES string of the molecule is CCc1cccc(C)c1NC(=O)c1cc(C)nc(Nc2ccc(C#N)cc2)n1. The Morgan fingerprint density at radius 1 is 1.11 bits per heavy atom. The standard InChI is InChI=1S/C22H21N5O/c1-4-17-7-5-6-14(2)20(17)27-21(28)19-12-15(3)24-22(26-19)25-18-10-8-16(13-23)9-11-18/h5-12H,4H2,1-3H3,(H,27,28)(H,24,25,26). The van der Waals surface area contributed by atoms with Gasteiger partial charge in [-0.05, 0) is 61.7 Å². The van der Waals surface area contributed by atoms with E-state index in [1.165, 1.54) is 0 Å². The van der Waals surface area contributed by atoms with E-state index >= 15 is 0 Å². The van der Waals surface area contributed by atoms with Crippen molar-refractivity contribution in [2.75, 3.05) is 10.6 Å². The molecule has 0 aliphatic carbocycles. The molecule has 0 aliphatic rings. The quantitative estimate of drug-likeness (QED) is 0.688. The van der Waals surface area contributed by atoms with Crippen molar-refractivity contribution in [2.45, 2.75) is 27.2 Å². The van der Waals surface area contributed by atoms with Gasteiger partial charge in [0.05, 0.1) is 11.6 Å². The third-order valence-electron chi connectivity index (χ3n) is 4.34. The van der Waals surface area contributed by atoms with Gasteiger partial charge in [0.25, 0.3) is 5.91 Å². The van der Waals surface area contributed by atoms with Crippen LogP contribution in [0, 0.1) is 25.2 Å². The molecule has 0 unspecified atom stereocenters. The summed E-state index contributed by atoms with van der Waals surface area (Å²) in [4.78, 5) is 21.5. The van der Waals surface area contributed by atoms with E-state index in [0.717, 1.165) is 28.9 Å². The smallest absolute Gasteiger partial charge is 0.274 e. The first kappa shape index (κ1) is 19.1. The summed E-state index contributed by atoms with van der Waals surface area (Å²) in [5, 5.41) is 15.0. The third-order valence-corrected chi connectivity index (χ3v) is 4.34. The summed E-state index contributed by atoms with van der Waals surface area (Å²) in [6.07, 6.45) is 0.825. The van der Waals surface area contributed by atoms with Crippen LogP contribution in [0.15, 0.2) is 48.5 Å². The minimum Gasteiger partial charge on any atom is -0.324 e. The Kier molecular flexibility index (Phi) is 5.66. The van der Waals surface area contributed by atoms with Crippen LogP contribution in [-0.4, -0.2) is 15.9 Å². The molecule has 0 radical (unpaired) electrons. The predicted octanol–water partition coefficient (Wildman–Crippen LogP) is 4.52. The van der Waals surface area contributed by atoms with Gasteiger partial charge in [0, 0.05) is 17.1 Å². The summed E-state index contributed by atoms with van der Waals surface area (Å²) in [6.45, 7) is 5.84. The number of benzene rings is 2. The van der Waals surface area contributed by atoms with Gasteiger partial charge in [0.2, 0.25) is 5.95 Å². The van der Waals surface area contributed by atoms with E-state index in [9.17, 15) is 4.79 Å². The number of nitriles is 1. The zero-order chi connectivity index (χ0) is 20.1. The predicted molar refractivity (Wildman–Crippen MR) is 110 cm³/mol. The van der Waals surface area contributed by atoms with E-state index in [2.05, 4.69) is 33.6 Å². The molecule has 6 nitrogen and oxygen atoms in total.